The van der Waals surface area contributed by atoms with Gasteiger partial charge in [-0.1, -0.05) is 29.9 Å². The number of anilines is 2. The zero-order valence-corrected chi connectivity index (χ0v) is 16.3. The van der Waals surface area contributed by atoms with Crippen molar-refractivity contribution in [3.63, 3.8) is 0 Å². The molecule has 6 nitrogen and oxygen atoms in total. The Morgan fingerprint density at radius 1 is 1.19 bits per heavy atom. The van der Waals surface area contributed by atoms with Crippen LogP contribution in [0.15, 0.2) is 41.8 Å². The summed E-state index contributed by atoms with van der Waals surface area (Å²) in [5, 5.41) is 11.2. The van der Waals surface area contributed by atoms with E-state index in [4.69, 9.17) is 5.41 Å². The molecule has 140 valence electrons. The minimum Gasteiger partial charge on any atom is -0.365 e. The highest BCUT2D eigenvalue weighted by Gasteiger charge is 2.19. The summed E-state index contributed by atoms with van der Waals surface area (Å²) in [4.78, 5) is 13.4. The van der Waals surface area contributed by atoms with E-state index < -0.39 is 0 Å². The van der Waals surface area contributed by atoms with Gasteiger partial charge in [0, 0.05) is 38.9 Å². The van der Waals surface area contributed by atoms with Crippen LogP contribution in [-0.4, -0.2) is 60.9 Å². The number of hydrogen-bond acceptors (Lipinski definition) is 6. The van der Waals surface area contributed by atoms with E-state index in [-0.39, 0.29) is 0 Å². The minimum absolute atomic E-state index is 0.647. The van der Waals surface area contributed by atoms with Crippen molar-refractivity contribution >= 4 is 17.9 Å². The molecule has 2 N–H and O–H groups in total. The minimum atomic E-state index is 0.647. The highest BCUT2D eigenvalue weighted by molar-refractivity contribution is 5.91. The van der Waals surface area contributed by atoms with Crippen LogP contribution in [0.3, 0.4) is 0 Å². The van der Waals surface area contributed by atoms with Gasteiger partial charge in [-0.15, -0.1) is 0 Å². The Kier molecular flexibility index (Phi) is 7.53. The molecule has 0 bridgehead atoms. The Morgan fingerprint density at radius 2 is 1.92 bits per heavy atom. The fourth-order valence-corrected chi connectivity index (χ4v) is 2.78. The van der Waals surface area contributed by atoms with Crippen molar-refractivity contribution in [2.24, 2.45) is 0 Å². The molecule has 1 aromatic rings. The van der Waals surface area contributed by atoms with E-state index in [1.807, 2.05) is 13.0 Å². The fraction of sp³-hybridized carbons (Fsp3) is 0.450. The van der Waals surface area contributed by atoms with Gasteiger partial charge in [-0.3, -0.25) is 0 Å². The Morgan fingerprint density at radius 3 is 2.54 bits per heavy atom. The second-order valence-electron chi connectivity index (χ2n) is 6.73. The number of rotatable bonds is 7. The predicted octanol–water partition coefficient (Wildman–Crippen LogP) is 3.11. The number of nitrogens with one attached hydrogen (secondary N) is 2. The zero-order valence-electron chi connectivity index (χ0n) is 16.3. The number of hydrogen-bond donors (Lipinski definition) is 2. The monoisotopic (exact) mass is 354 g/mol. The normalized spacial score (nSPS) is 16.0. The standard InChI is InChI=1S/C20H30N6/c1-5-6-17(8-7-16(2)3)14-22-19-18(13-21)20(24-15-23-19)26-11-9-25(4)10-12-26/h5-8,13,15,21H,9-12,14H2,1-4H3,(H,22,23,24)/b6-5-,17-8+,21-13?. The summed E-state index contributed by atoms with van der Waals surface area (Å²) >= 11 is 0. The van der Waals surface area contributed by atoms with E-state index in [2.05, 4.69) is 64.2 Å². The average molecular weight is 355 g/mol. The van der Waals surface area contributed by atoms with Gasteiger partial charge >= 0.3 is 0 Å². The molecule has 1 fully saturated rings. The van der Waals surface area contributed by atoms with Crippen LogP contribution in [0, 0.1) is 5.41 Å². The lowest BCUT2D eigenvalue weighted by Gasteiger charge is -2.34. The number of likely N-dealkylation sites (N-methyl/N-ethyl adjacent to an activating group) is 1. The van der Waals surface area contributed by atoms with Crippen molar-refractivity contribution in [1.29, 1.82) is 5.41 Å². The first-order valence-corrected chi connectivity index (χ1v) is 9.04. The molecular formula is C20H30N6. The molecule has 0 unspecified atom stereocenters. The number of nitrogens with zero attached hydrogens (tertiary/aromatic N) is 4. The highest BCUT2D eigenvalue weighted by Crippen LogP contribution is 2.22. The molecule has 0 aliphatic carbocycles. The molecule has 0 aromatic carbocycles. The van der Waals surface area contributed by atoms with Crippen LogP contribution in [0.4, 0.5) is 11.6 Å². The molecule has 0 atom stereocenters. The van der Waals surface area contributed by atoms with Crippen LogP contribution >= 0.6 is 0 Å². The summed E-state index contributed by atoms with van der Waals surface area (Å²) in [7, 11) is 2.13. The third-order valence-electron chi connectivity index (χ3n) is 4.28. The first-order chi connectivity index (χ1) is 12.5. The second-order valence-corrected chi connectivity index (χ2v) is 6.73. The van der Waals surface area contributed by atoms with Crippen molar-refractivity contribution in [1.82, 2.24) is 14.9 Å². The summed E-state index contributed by atoms with van der Waals surface area (Å²) in [6.07, 6.45) is 11.3. The van der Waals surface area contributed by atoms with Crippen molar-refractivity contribution in [2.45, 2.75) is 20.8 Å². The van der Waals surface area contributed by atoms with Crippen LogP contribution in [0.5, 0.6) is 0 Å². The Bertz CT molecular complexity index is 692. The molecule has 0 spiro atoms. The molecule has 0 saturated carbocycles. The average Bonchev–Trinajstić information content (AvgIpc) is 2.64. The predicted molar refractivity (Wildman–Crippen MR) is 110 cm³/mol. The van der Waals surface area contributed by atoms with Gasteiger partial charge < -0.3 is 20.5 Å². The van der Waals surface area contributed by atoms with Crippen LogP contribution in [-0.2, 0) is 0 Å². The maximum atomic E-state index is 7.87. The van der Waals surface area contributed by atoms with Gasteiger partial charge in [0.25, 0.3) is 0 Å². The van der Waals surface area contributed by atoms with Crippen molar-refractivity contribution in [3.05, 3.63) is 47.3 Å². The quantitative estimate of drug-likeness (QED) is 0.582. The first kappa shape index (κ1) is 19.8. The second kappa shape index (κ2) is 9.87. The molecule has 1 aromatic heterocycles. The van der Waals surface area contributed by atoms with Gasteiger partial charge in [0.1, 0.15) is 18.0 Å². The van der Waals surface area contributed by atoms with Crippen LogP contribution in [0.2, 0.25) is 0 Å². The Balaban J connectivity index is 2.19. The van der Waals surface area contributed by atoms with Crippen molar-refractivity contribution in [2.75, 3.05) is 50.0 Å². The number of aromatic nitrogens is 2. The maximum Gasteiger partial charge on any atom is 0.143 e. The summed E-state index contributed by atoms with van der Waals surface area (Å²) in [6.45, 7) is 10.6. The summed E-state index contributed by atoms with van der Waals surface area (Å²) in [5.74, 6) is 1.54. The smallest absolute Gasteiger partial charge is 0.143 e. The molecular weight excluding hydrogens is 324 g/mol. The molecule has 26 heavy (non-hydrogen) atoms. The van der Waals surface area contributed by atoms with Crippen LogP contribution < -0.4 is 10.2 Å². The van der Waals surface area contributed by atoms with Gasteiger partial charge in [0.05, 0.1) is 5.56 Å². The van der Waals surface area contributed by atoms with E-state index in [9.17, 15) is 0 Å². The summed E-state index contributed by atoms with van der Waals surface area (Å²) in [5.41, 5.74) is 3.16. The van der Waals surface area contributed by atoms with Crippen LogP contribution in [0.25, 0.3) is 0 Å². The molecule has 0 amide bonds. The van der Waals surface area contributed by atoms with Gasteiger partial charge in [0.2, 0.25) is 0 Å². The van der Waals surface area contributed by atoms with Crippen LogP contribution in [0.1, 0.15) is 26.3 Å². The van der Waals surface area contributed by atoms with E-state index >= 15 is 0 Å². The fourth-order valence-electron chi connectivity index (χ4n) is 2.78. The highest BCUT2D eigenvalue weighted by atomic mass is 15.3. The SMILES string of the molecule is C/C=C\C(=C/C=C(C)C)CNc1ncnc(N2CCN(C)CC2)c1C=N. The molecule has 6 heteroatoms. The molecule has 1 aliphatic heterocycles. The third-order valence-corrected chi connectivity index (χ3v) is 4.28. The lowest BCUT2D eigenvalue weighted by molar-refractivity contribution is 0.312. The van der Waals surface area contributed by atoms with E-state index in [0.29, 0.717) is 12.4 Å². The Labute approximate surface area is 156 Å². The molecule has 2 rings (SSSR count). The Hall–Kier alpha value is -2.47. The summed E-state index contributed by atoms with van der Waals surface area (Å²) in [6, 6.07) is 0. The van der Waals surface area contributed by atoms with Gasteiger partial charge in [-0.25, -0.2) is 9.97 Å². The van der Waals surface area contributed by atoms with Gasteiger partial charge in [-0.05, 0) is 33.4 Å². The maximum absolute atomic E-state index is 7.87. The molecule has 1 aliphatic rings. The van der Waals surface area contributed by atoms with Crippen molar-refractivity contribution in [3.8, 4) is 0 Å². The van der Waals surface area contributed by atoms with Crippen molar-refractivity contribution < 1.29 is 0 Å². The third kappa shape index (κ3) is 5.52. The molecule has 1 saturated heterocycles. The zero-order chi connectivity index (χ0) is 18.9. The lowest BCUT2D eigenvalue weighted by Crippen LogP contribution is -2.45. The lowest BCUT2D eigenvalue weighted by atomic mass is 10.2. The van der Waals surface area contributed by atoms with E-state index in [1.54, 1.807) is 6.33 Å². The number of piperazine rings is 1. The molecule has 0 radical (unpaired) electrons. The van der Waals surface area contributed by atoms with E-state index in [0.717, 1.165) is 43.1 Å². The number of allylic oxidation sites excluding steroid dienone is 4. The van der Waals surface area contributed by atoms with Gasteiger partial charge in [-0.2, -0.15) is 0 Å². The van der Waals surface area contributed by atoms with Gasteiger partial charge in [0.15, 0.2) is 0 Å². The topological polar surface area (TPSA) is 68.1 Å². The first-order valence-electron chi connectivity index (χ1n) is 9.04. The summed E-state index contributed by atoms with van der Waals surface area (Å²) < 4.78 is 0. The molecule has 2 heterocycles. The van der Waals surface area contributed by atoms with E-state index in [1.165, 1.54) is 11.8 Å². The largest absolute Gasteiger partial charge is 0.365 e.